The summed E-state index contributed by atoms with van der Waals surface area (Å²) in [4.78, 5) is 15.7. The minimum Gasteiger partial charge on any atom is -0.348 e. The summed E-state index contributed by atoms with van der Waals surface area (Å²) in [5.74, 6) is -0.582. The Morgan fingerprint density at radius 3 is 2.81 bits per heavy atom. The maximum atomic E-state index is 12.5. The molecule has 0 radical (unpaired) electrons. The van der Waals surface area contributed by atoms with Crippen LogP contribution in [0.2, 0.25) is 0 Å². The number of rotatable bonds is 7. The third kappa shape index (κ3) is 6.34. The molecule has 8 heteroatoms. The highest BCUT2D eigenvalue weighted by Crippen LogP contribution is 2.37. The van der Waals surface area contributed by atoms with E-state index in [1.54, 1.807) is 0 Å². The van der Waals surface area contributed by atoms with E-state index < -0.39 is 23.2 Å². The molecule has 0 aliphatic rings. The van der Waals surface area contributed by atoms with Crippen LogP contribution in [0.5, 0.6) is 0 Å². The molecule has 0 spiro atoms. The first-order valence-corrected chi connectivity index (χ1v) is 7.40. The van der Waals surface area contributed by atoms with Crippen molar-refractivity contribution in [3.63, 3.8) is 0 Å². The van der Waals surface area contributed by atoms with Gasteiger partial charge in [0.25, 0.3) is 5.91 Å². The van der Waals surface area contributed by atoms with Crippen LogP contribution in [0, 0.1) is 0 Å². The lowest BCUT2D eigenvalue weighted by molar-refractivity contribution is -0.0329. The Labute approximate surface area is 125 Å². The van der Waals surface area contributed by atoms with Gasteiger partial charge in [-0.25, -0.2) is 4.98 Å². The molecule has 0 fully saturated rings. The van der Waals surface area contributed by atoms with Crippen molar-refractivity contribution in [3.8, 4) is 0 Å². The van der Waals surface area contributed by atoms with Crippen LogP contribution >= 0.6 is 11.8 Å². The molecule has 1 heterocycles. The van der Waals surface area contributed by atoms with E-state index in [0.717, 1.165) is 12.8 Å². The summed E-state index contributed by atoms with van der Waals surface area (Å²) in [5, 5.41) is 2.31. The predicted molar refractivity (Wildman–Crippen MR) is 76.0 cm³/mol. The minimum absolute atomic E-state index is 0.0882. The first kappa shape index (κ1) is 17.8. The number of carbonyl (C=O) groups is 1. The summed E-state index contributed by atoms with van der Waals surface area (Å²) in [6.45, 7) is 2.25. The van der Waals surface area contributed by atoms with E-state index >= 15 is 0 Å². The molecule has 0 bridgehead atoms. The number of nitrogens with two attached hydrogens (primary N) is 1. The smallest absolute Gasteiger partial charge is 0.348 e. The van der Waals surface area contributed by atoms with Gasteiger partial charge < -0.3 is 11.1 Å². The van der Waals surface area contributed by atoms with Gasteiger partial charge in [-0.05, 0) is 18.6 Å². The second-order valence-electron chi connectivity index (χ2n) is 4.45. The molecular weight excluding hydrogens is 303 g/mol. The second kappa shape index (κ2) is 8.23. The number of halogens is 3. The number of amides is 1. The third-order valence-electron chi connectivity index (χ3n) is 2.75. The van der Waals surface area contributed by atoms with Crippen molar-refractivity contribution in [1.82, 2.24) is 10.3 Å². The zero-order valence-corrected chi connectivity index (χ0v) is 12.4. The van der Waals surface area contributed by atoms with E-state index in [1.807, 2.05) is 6.92 Å². The van der Waals surface area contributed by atoms with E-state index in [2.05, 4.69) is 10.3 Å². The fraction of sp³-hybridized carbons (Fsp3) is 0.538. The molecule has 118 valence electrons. The monoisotopic (exact) mass is 321 g/mol. The molecule has 3 N–H and O–H groups in total. The van der Waals surface area contributed by atoms with Gasteiger partial charge in [-0.2, -0.15) is 13.2 Å². The summed E-state index contributed by atoms with van der Waals surface area (Å²) in [7, 11) is 0. The van der Waals surface area contributed by atoms with Gasteiger partial charge in [0.15, 0.2) is 0 Å². The molecule has 1 atom stereocenters. The van der Waals surface area contributed by atoms with Gasteiger partial charge in [0.1, 0.15) is 5.03 Å². The minimum atomic E-state index is -4.49. The van der Waals surface area contributed by atoms with Crippen LogP contribution < -0.4 is 11.1 Å². The van der Waals surface area contributed by atoms with Gasteiger partial charge in [-0.15, -0.1) is 0 Å². The van der Waals surface area contributed by atoms with Gasteiger partial charge in [0, 0.05) is 30.5 Å². The van der Waals surface area contributed by atoms with Gasteiger partial charge in [-0.3, -0.25) is 4.79 Å². The van der Waals surface area contributed by atoms with E-state index in [9.17, 15) is 18.0 Å². The molecular formula is C13H18F3N3OS. The van der Waals surface area contributed by atoms with E-state index in [-0.39, 0.29) is 23.2 Å². The third-order valence-corrected chi connectivity index (χ3v) is 3.50. The van der Waals surface area contributed by atoms with Crippen LogP contribution in [0.1, 0.15) is 36.5 Å². The molecule has 21 heavy (non-hydrogen) atoms. The topological polar surface area (TPSA) is 68.0 Å². The molecule has 4 nitrogen and oxygen atoms in total. The molecule has 0 saturated carbocycles. The lowest BCUT2D eigenvalue weighted by atomic mass is 10.1. The average molecular weight is 321 g/mol. The maximum absolute atomic E-state index is 12.5. The van der Waals surface area contributed by atoms with E-state index in [0.29, 0.717) is 6.42 Å². The van der Waals surface area contributed by atoms with Gasteiger partial charge in [-0.1, -0.05) is 19.8 Å². The summed E-state index contributed by atoms with van der Waals surface area (Å²) >= 11 is -0.395. The summed E-state index contributed by atoms with van der Waals surface area (Å²) in [5.41, 5.74) is 0.989. The lowest BCUT2D eigenvalue weighted by Gasteiger charge is -2.17. The van der Waals surface area contributed by atoms with Crippen LogP contribution in [0.15, 0.2) is 23.4 Å². The van der Waals surface area contributed by atoms with Crippen molar-refractivity contribution in [2.24, 2.45) is 5.73 Å². The Bertz CT molecular complexity index is 468. The van der Waals surface area contributed by atoms with Crippen molar-refractivity contribution >= 4 is 17.7 Å². The number of unbranched alkanes of at least 4 members (excludes halogenated alkanes) is 1. The Balaban J connectivity index is 2.82. The van der Waals surface area contributed by atoms with Crippen molar-refractivity contribution in [2.75, 3.05) is 6.54 Å². The Hall–Kier alpha value is -1.28. The molecule has 0 aliphatic carbocycles. The number of carbonyl (C=O) groups excluding carboxylic acids is 1. The summed E-state index contributed by atoms with van der Waals surface area (Å²) in [6, 6.07) is 2.50. The molecule has 1 amide bonds. The van der Waals surface area contributed by atoms with Gasteiger partial charge in [0.2, 0.25) is 0 Å². The SMILES string of the molecule is CCCCC(CN)NC(=O)c1cccnc1SC(F)(F)F. The Kier molecular flexibility index (Phi) is 6.97. The normalized spacial score (nSPS) is 13.0. The van der Waals surface area contributed by atoms with Crippen molar-refractivity contribution in [1.29, 1.82) is 0 Å². The zero-order chi connectivity index (χ0) is 15.9. The lowest BCUT2D eigenvalue weighted by Crippen LogP contribution is -2.40. The fourth-order valence-electron chi connectivity index (χ4n) is 1.72. The highest BCUT2D eigenvalue weighted by molar-refractivity contribution is 8.00. The fourth-order valence-corrected chi connectivity index (χ4v) is 2.32. The van der Waals surface area contributed by atoms with Crippen LogP contribution in [0.25, 0.3) is 0 Å². The summed E-state index contributed by atoms with van der Waals surface area (Å²) in [6.07, 6.45) is 3.76. The first-order valence-electron chi connectivity index (χ1n) is 6.59. The number of hydrogen-bond donors (Lipinski definition) is 2. The Morgan fingerprint density at radius 1 is 1.52 bits per heavy atom. The molecule has 0 saturated heterocycles. The van der Waals surface area contributed by atoms with Crippen LogP contribution in [-0.4, -0.2) is 29.0 Å². The van der Waals surface area contributed by atoms with Gasteiger partial charge >= 0.3 is 5.51 Å². The number of hydrogen-bond acceptors (Lipinski definition) is 4. The summed E-state index contributed by atoms with van der Waals surface area (Å²) < 4.78 is 37.4. The maximum Gasteiger partial charge on any atom is 0.447 e. The number of pyridine rings is 1. The van der Waals surface area contributed by atoms with Crippen LogP contribution in [-0.2, 0) is 0 Å². The number of alkyl halides is 3. The zero-order valence-electron chi connectivity index (χ0n) is 11.6. The van der Waals surface area contributed by atoms with Gasteiger partial charge in [0.05, 0.1) is 5.56 Å². The highest BCUT2D eigenvalue weighted by Gasteiger charge is 2.32. The van der Waals surface area contributed by atoms with Crippen LogP contribution in [0.3, 0.4) is 0 Å². The number of nitrogens with zero attached hydrogens (tertiary/aromatic N) is 1. The van der Waals surface area contributed by atoms with E-state index in [1.165, 1.54) is 18.3 Å². The molecule has 1 aromatic rings. The van der Waals surface area contributed by atoms with Crippen LogP contribution in [0.4, 0.5) is 13.2 Å². The largest absolute Gasteiger partial charge is 0.447 e. The molecule has 1 aromatic heterocycles. The first-order chi connectivity index (χ1) is 9.87. The van der Waals surface area contributed by atoms with Crippen molar-refractivity contribution < 1.29 is 18.0 Å². The van der Waals surface area contributed by atoms with E-state index in [4.69, 9.17) is 5.73 Å². The quantitative estimate of drug-likeness (QED) is 0.758. The standard InChI is InChI=1S/C13H18F3N3OS/c1-2-3-5-9(8-17)19-11(20)10-6-4-7-18-12(10)21-13(14,15)16/h4,6-7,9H,2-3,5,8,17H2,1H3,(H,19,20). The second-order valence-corrected chi connectivity index (χ2v) is 5.51. The van der Waals surface area contributed by atoms with Crippen molar-refractivity contribution in [3.05, 3.63) is 23.9 Å². The van der Waals surface area contributed by atoms with Crippen molar-refractivity contribution in [2.45, 2.75) is 42.8 Å². The molecule has 0 aliphatic heterocycles. The Morgan fingerprint density at radius 2 is 2.24 bits per heavy atom. The molecule has 1 unspecified atom stereocenters. The molecule has 1 rings (SSSR count). The highest BCUT2D eigenvalue weighted by atomic mass is 32.2. The predicted octanol–water partition coefficient (Wildman–Crippen LogP) is 2.94. The average Bonchev–Trinajstić information content (AvgIpc) is 2.42. The number of thioether (sulfide) groups is 1. The number of aromatic nitrogens is 1. The molecule has 0 aromatic carbocycles. The number of nitrogens with one attached hydrogen (secondary N) is 1.